The number of anilines is 1. The molecule has 1 atom stereocenters. The number of hydrogen-bond acceptors (Lipinski definition) is 5. The molecule has 0 spiro atoms. The zero-order valence-electron chi connectivity index (χ0n) is 17.0. The monoisotopic (exact) mass is 423 g/mol. The van der Waals surface area contributed by atoms with Crippen LogP contribution in [0.15, 0.2) is 59.0 Å². The number of furan rings is 1. The Morgan fingerprint density at radius 2 is 1.81 bits per heavy atom. The van der Waals surface area contributed by atoms with Gasteiger partial charge in [-0.2, -0.15) is 0 Å². The molecule has 0 unspecified atom stereocenters. The quantitative estimate of drug-likeness (QED) is 0.396. The van der Waals surface area contributed by atoms with Gasteiger partial charge in [-0.15, -0.1) is 0 Å². The van der Waals surface area contributed by atoms with Crippen molar-refractivity contribution < 1.29 is 23.9 Å². The molecular formula is C23H25N3O5. The number of fused-ring (bicyclic) bond motifs is 1. The van der Waals surface area contributed by atoms with Crippen molar-refractivity contribution >= 4 is 34.4 Å². The summed E-state index contributed by atoms with van der Waals surface area (Å²) in [5.41, 5.74) is 7.41. The Bertz CT molecular complexity index is 1040. The van der Waals surface area contributed by atoms with Gasteiger partial charge >= 0.3 is 5.97 Å². The molecule has 2 aromatic carbocycles. The van der Waals surface area contributed by atoms with Crippen molar-refractivity contribution in [1.82, 2.24) is 5.32 Å². The van der Waals surface area contributed by atoms with Crippen molar-refractivity contribution in [1.29, 1.82) is 0 Å². The Balaban J connectivity index is 1.73. The first-order chi connectivity index (χ1) is 15.0. The van der Waals surface area contributed by atoms with Crippen LogP contribution in [0.4, 0.5) is 5.69 Å². The summed E-state index contributed by atoms with van der Waals surface area (Å²) < 4.78 is 5.58. The minimum Gasteiger partial charge on any atom is -0.481 e. The molecule has 1 aromatic heterocycles. The number of para-hydroxylation sites is 2. The van der Waals surface area contributed by atoms with E-state index in [-0.39, 0.29) is 18.6 Å². The third-order valence-electron chi connectivity index (χ3n) is 4.85. The van der Waals surface area contributed by atoms with Crippen LogP contribution in [-0.2, 0) is 16.0 Å². The fourth-order valence-corrected chi connectivity index (χ4v) is 3.24. The fourth-order valence-electron chi connectivity index (χ4n) is 3.24. The molecule has 31 heavy (non-hydrogen) atoms. The van der Waals surface area contributed by atoms with E-state index in [2.05, 4.69) is 10.6 Å². The van der Waals surface area contributed by atoms with Crippen LogP contribution in [0.3, 0.4) is 0 Å². The van der Waals surface area contributed by atoms with Gasteiger partial charge in [-0.25, -0.2) is 0 Å². The number of carbonyl (C=O) groups excluding carboxylic acids is 2. The van der Waals surface area contributed by atoms with Crippen molar-refractivity contribution in [2.45, 2.75) is 31.7 Å². The standard InChI is InChI=1S/C23H25N3O5/c24-13-5-9-18(26-23(30)20-14-16-7-2-4-10-19(16)31-20)22(29)25-17-8-3-1-6-15(17)11-12-21(27)28/h1-4,6-8,10,14,18H,5,9,11-13,24H2,(H,25,29)(H,26,30)(H,27,28)/t18-/m0/s1. The minimum absolute atomic E-state index is 0.0493. The predicted molar refractivity (Wildman–Crippen MR) is 117 cm³/mol. The lowest BCUT2D eigenvalue weighted by Crippen LogP contribution is -2.44. The van der Waals surface area contributed by atoms with Crippen molar-refractivity contribution in [3.05, 3.63) is 65.9 Å². The molecule has 2 amide bonds. The highest BCUT2D eigenvalue weighted by Crippen LogP contribution is 2.20. The van der Waals surface area contributed by atoms with Crippen molar-refractivity contribution in [3.63, 3.8) is 0 Å². The molecule has 3 aromatic rings. The van der Waals surface area contributed by atoms with Crippen LogP contribution >= 0.6 is 0 Å². The number of nitrogens with two attached hydrogens (primary N) is 1. The van der Waals surface area contributed by atoms with Crippen molar-refractivity contribution in [2.24, 2.45) is 5.73 Å². The molecule has 0 saturated heterocycles. The number of hydrogen-bond donors (Lipinski definition) is 4. The Labute approximate surface area is 179 Å². The molecular weight excluding hydrogens is 398 g/mol. The van der Waals surface area contributed by atoms with E-state index in [1.165, 1.54) is 0 Å². The second-order valence-corrected chi connectivity index (χ2v) is 7.15. The normalized spacial score (nSPS) is 11.8. The number of carboxylic acids is 1. The SMILES string of the molecule is NCCC[C@H](NC(=O)c1cc2ccccc2o1)C(=O)Nc1ccccc1CCC(=O)O. The second-order valence-electron chi connectivity index (χ2n) is 7.15. The van der Waals surface area contributed by atoms with Gasteiger partial charge in [-0.3, -0.25) is 14.4 Å². The predicted octanol–water partition coefficient (Wildman–Crippen LogP) is 2.93. The molecule has 8 nitrogen and oxygen atoms in total. The molecule has 8 heteroatoms. The average Bonchev–Trinajstić information content (AvgIpc) is 3.20. The second kappa shape index (κ2) is 10.4. The van der Waals surface area contributed by atoms with E-state index in [4.69, 9.17) is 15.3 Å². The first-order valence-electron chi connectivity index (χ1n) is 10.1. The van der Waals surface area contributed by atoms with E-state index in [0.717, 1.165) is 5.39 Å². The molecule has 0 aliphatic rings. The maximum atomic E-state index is 12.9. The highest BCUT2D eigenvalue weighted by atomic mass is 16.4. The lowest BCUT2D eigenvalue weighted by atomic mass is 10.1. The first-order valence-corrected chi connectivity index (χ1v) is 10.1. The average molecular weight is 423 g/mol. The third-order valence-corrected chi connectivity index (χ3v) is 4.85. The third kappa shape index (κ3) is 5.93. The summed E-state index contributed by atoms with van der Waals surface area (Å²) >= 11 is 0. The van der Waals surface area contributed by atoms with E-state index in [1.54, 1.807) is 36.4 Å². The van der Waals surface area contributed by atoms with Gasteiger partial charge in [0.2, 0.25) is 5.91 Å². The van der Waals surface area contributed by atoms with Crippen LogP contribution in [0.2, 0.25) is 0 Å². The number of rotatable bonds is 10. The van der Waals surface area contributed by atoms with Crippen LogP contribution in [-0.4, -0.2) is 35.5 Å². The molecule has 0 bridgehead atoms. The van der Waals surface area contributed by atoms with Crippen LogP contribution < -0.4 is 16.4 Å². The summed E-state index contributed by atoms with van der Waals surface area (Å²) in [5, 5.41) is 15.3. The number of amides is 2. The van der Waals surface area contributed by atoms with E-state index in [1.807, 2.05) is 18.2 Å². The molecule has 0 aliphatic heterocycles. The molecule has 0 saturated carbocycles. The van der Waals surface area contributed by atoms with Gasteiger partial charge < -0.3 is 25.9 Å². The van der Waals surface area contributed by atoms with Gasteiger partial charge in [-0.05, 0) is 49.6 Å². The number of aryl methyl sites for hydroxylation is 1. The van der Waals surface area contributed by atoms with Crippen LogP contribution in [0.1, 0.15) is 35.4 Å². The molecule has 0 aliphatic carbocycles. The maximum Gasteiger partial charge on any atom is 0.303 e. The Hall–Kier alpha value is -3.65. The van der Waals surface area contributed by atoms with Gasteiger partial charge in [0.15, 0.2) is 5.76 Å². The van der Waals surface area contributed by atoms with Crippen molar-refractivity contribution in [2.75, 3.05) is 11.9 Å². The van der Waals surface area contributed by atoms with Crippen LogP contribution in [0.5, 0.6) is 0 Å². The molecule has 162 valence electrons. The number of aliphatic carboxylic acids is 1. The van der Waals surface area contributed by atoms with Crippen LogP contribution in [0, 0.1) is 0 Å². The Kier molecular flexibility index (Phi) is 7.40. The fraction of sp³-hybridized carbons (Fsp3) is 0.261. The highest BCUT2D eigenvalue weighted by Gasteiger charge is 2.23. The number of carbonyl (C=O) groups is 3. The maximum absolute atomic E-state index is 12.9. The van der Waals surface area contributed by atoms with E-state index >= 15 is 0 Å². The Morgan fingerprint density at radius 3 is 2.55 bits per heavy atom. The molecule has 3 rings (SSSR count). The summed E-state index contributed by atoms with van der Waals surface area (Å²) in [6.07, 6.45) is 1.13. The topological polar surface area (TPSA) is 135 Å². The summed E-state index contributed by atoms with van der Waals surface area (Å²) in [5.74, 6) is -1.69. The van der Waals surface area contributed by atoms with Crippen molar-refractivity contribution in [3.8, 4) is 0 Å². The lowest BCUT2D eigenvalue weighted by molar-refractivity contribution is -0.137. The van der Waals surface area contributed by atoms with E-state index in [9.17, 15) is 14.4 Å². The summed E-state index contributed by atoms with van der Waals surface area (Å²) in [6, 6.07) is 15.1. The highest BCUT2D eigenvalue weighted by molar-refractivity contribution is 6.01. The summed E-state index contributed by atoms with van der Waals surface area (Å²) in [6.45, 7) is 0.374. The van der Waals surface area contributed by atoms with Gasteiger partial charge in [0.05, 0.1) is 0 Å². The largest absolute Gasteiger partial charge is 0.481 e. The van der Waals surface area contributed by atoms with Gasteiger partial charge in [-0.1, -0.05) is 36.4 Å². The zero-order valence-corrected chi connectivity index (χ0v) is 17.0. The van der Waals surface area contributed by atoms with Gasteiger partial charge in [0.25, 0.3) is 5.91 Å². The smallest absolute Gasteiger partial charge is 0.303 e. The Morgan fingerprint density at radius 1 is 1.06 bits per heavy atom. The van der Waals surface area contributed by atoms with E-state index < -0.39 is 23.8 Å². The summed E-state index contributed by atoms with van der Waals surface area (Å²) in [4.78, 5) is 36.5. The number of carboxylic acid groups (broad SMARTS) is 1. The molecule has 1 heterocycles. The summed E-state index contributed by atoms with van der Waals surface area (Å²) in [7, 11) is 0. The number of benzene rings is 2. The molecule has 5 N–H and O–H groups in total. The van der Waals surface area contributed by atoms with Gasteiger partial charge in [0.1, 0.15) is 11.6 Å². The molecule has 0 radical (unpaired) electrons. The van der Waals surface area contributed by atoms with Crippen LogP contribution in [0.25, 0.3) is 11.0 Å². The first kappa shape index (κ1) is 22.0. The van der Waals surface area contributed by atoms with Gasteiger partial charge in [0, 0.05) is 17.5 Å². The minimum atomic E-state index is -0.917. The van der Waals surface area contributed by atoms with E-state index in [0.29, 0.717) is 36.2 Å². The number of nitrogens with one attached hydrogen (secondary N) is 2. The lowest BCUT2D eigenvalue weighted by Gasteiger charge is -2.19. The molecule has 0 fully saturated rings. The zero-order chi connectivity index (χ0) is 22.2.